The first-order chi connectivity index (χ1) is 20.2. The van der Waals surface area contributed by atoms with Gasteiger partial charge in [-0.25, -0.2) is 9.78 Å². The fraction of sp³-hybridized carbons (Fsp3) is 0.455. The van der Waals surface area contributed by atoms with Crippen molar-refractivity contribution < 1.29 is 14.3 Å². The smallest absolute Gasteiger partial charge is 0.391 e. The average Bonchev–Trinajstić information content (AvgIpc) is 2.99. The zero-order valence-corrected chi connectivity index (χ0v) is 25.6. The Morgan fingerprint density at radius 3 is 2.31 bits per heavy atom. The lowest BCUT2D eigenvalue weighted by atomic mass is 9.82. The first kappa shape index (κ1) is 31.0. The Morgan fingerprint density at radius 2 is 1.67 bits per heavy atom. The van der Waals surface area contributed by atoms with E-state index in [0.29, 0.717) is 17.8 Å². The van der Waals surface area contributed by atoms with Crippen molar-refractivity contribution in [3.63, 3.8) is 0 Å². The second kappa shape index (κ2) is 14.3. The van der Waals surface area contributed by atoms with E-state index in [-0.39, 0.29) is 23.7 Å². The molecule has 0 saturated heterocycles. The molecule has 1 aliphatic rings. The quantitative estimate of drug-likeness (QED) is 0.272. The number of primary amides is 1. The number of carbonyl (C=O) groups is 2. The van der Waals surface area contributed by atoms with Gasteiger partial charge >= 0.3 is 6.09 Å². The van der Waals surface area contributed by atoms with Crippen LogP contribution >= 0.6 is 0 Å². The van der Waals surface area contributed by atoms with Crippen molar-refractivity contribution in [1.29, 1.82) is 0 Å². The van der Waals surface area contributed by atoms with Gasteiger partial charge in [-0.15, -0.1) is 0 Å². The summed E-state index contributed by atoms with van der Waals surface area (Å²) in [7, 11) is 1.83. The van der Waals surface area contributed by atoms with Crippen LogP contribution in [0.15, 0.2) is 42.5 Å². The molecule has 3 N–H and O–H groups in total. The number of hydrogen-bond acceptors (Lipinski definition) is 7. The van der Waals surface area contributed by atoms with Crippen LogP contribution < -0.4 is 15.8 Å². The van der Waals surface area contributed by atoms with Gasteiger partial charge in [0, 0.05) is 42.5 Å². The number of carbonyl (C=O) groups excluding carboxylic acids is 2. The van der Waals surface area contributed by atoms with Gasteiger partial charge in [-0.3, -0.25) is 4.79 Å². The van der Waals surface area contributed by atoms with Gasteiger partial charge in [-0.05, 0) is 81.1 Å². The number of anilines is 2. The van der Waals surface area contributed by atoms with Crippen molar-refractivity contribution in [2.75, 3.05) is 38.5 Å². The lowest BCUT2D eigenvalue weighted by Crippen LogP contribution is -2.36. The summed E-state index contributed by atoms with van der Waals surface area (Å²) in [5.41, 5.74) is 11.6. The van der Waals surface area contributed by atoms with E-state index in [9.17, 15) is 9.59 Å². The number of aromatic nitrogens is 2. The fourth-order valence-corrected chi connectivity index (χ4v) is 5.63. The number of amides is 2. The molecule has 0 spiro atoms. The van der Waals surface area contributed by atoms with Gasteiger partial charge in [0.15, 0.2) is 0 Å². The Balaban J connectivity index is 1.66. The van der Waals surface area contributed by atoms with Crippen molar-refractivity contribution in [2.45, 2.75) is 65.7 Å². The minimum Gasteiger partial charge on any atom is -0.391 e. The predicted molar refractivity (Wildman–Crippen MR) is 167 cm³/mol. The van der Waals surface area contributed by atoms with E-state index < -0.39 is 6.09 Å². The number of nitrogens with one attached hydrogen (secondary N) is 1. The van der Waals surface area contributed by atoms with Gasteiger partial charge < -0.3 is 25.6 Å². The summed E-state index contributed by atoms with van der Waals surface area (Å²) in [4.78, 5) is 38.7. The Kier molecular flexibility index (Phi) is 10.5. The molecule has 42 heavy (non-hydrogen) atoms. The van der Waals surface area contributed by atoms with E-state index in [1.165, 1.54) is 6.42 Å². The number of likely N-dealkylation sites (N-methyl/N-ethyl adjacent to an activating group) is 2. The average molecular weight is 573 g/mol. The van der Waals surface area contributed by atoms with Crippen LogP contribution in [0.3, 0.4) is 0 Å². The summed E-state index contributed by atoms with van der Waals surface area (Å²) in [6, 6.07) is 13.4. The molecule has 224 valence electrons. The highest BCUT2D eigenvalue weighted by atomic mass is 16.6. The van der Waals surface area contributed by atoms with E-state index in [1.54, 1.807) is 17.0 Å². The normalized spacial score (nSPS) is 13.7. The standard InChI is InChI=1S/C33H44N6O3/c1-6-39(7-2)21-20-38(5)31(40)25-16-18-26(19-17-25)35-33-36-29(27-15-11-12-22(3)23(27)4)28(24-13-9-8-10-14-24)30(37-33)42-32(34)41/h11-12,15-19,24H,6-10,13-14,20-21H2,1-5H3,(H2,34,41)(H,35,36,37). The molecule has 0 atom stereocenters. The highest BCUT2D eigenvalue weighted by Gasteiger charge is 2.28. The minimum absolute atomic E-state index is 0.0313. The molecular formula is C33H44N6O3. The highest BCUT2D eigenvalue weighted by molar-refractivity contribution is 5.94. The number of aryl methyl sites for hydroxylation is 1. The molecule has 4 rings (SSSR count). The van der Waals surface area contributed by atoms with Crippen molar-refractivity contribution in [3.8, 4) is 17.1 Å². The van der Waals surface area contributed by atoms with Crippen LogP contribution in [0.1, 0.15) is 78.9 Å². The van der Waals surface area contributed by atoms with E-state index in [2.05, 4.69) is 49.0 Å². The van der Waals surface area contributed by atoms with Gasteiger partial charge in [-0.1, -0.05) is 51.3 Å². The summed E-state index contributed by atoms with van der Waals surface area (Å²) < 4.78 is 5.54. The van der Waals surface area contributed by atoms with Crippen LogP contribution in [-0.2, 0) is 0 Å². The van der Waals surface area contributed by atoms with E-state index >= 15 is 0 Å². The van der Waals surface area contributed by atoms with Gasteiger partial charge in [0.1, 0.15) is 0 Å². The van der Waals surface area contributed by atoms with Crippen molar-refractivity contribution in [1.82, 2.24) is 19.8 Å². The van der Waals surface area contributed by atoms with Crippen molar-refractivity contribution >= 4 is 23.6 Å². The summed E-state index contributed by atoms with van der Waals surface area (Å²) in [6.07, 6.45) is 4.43. The van der Waals surface area contributed by atoms with E-state index in [4.69, 9.17) is 15.5 Å². The van der Waals surface area contributed by atoms with Gasteiger partial charge in [0.05, 0.1) is 5.69 Å². The third-order valence-electron chi connectivity index (χ3n) is 8.36. The third-order valence-corrected chi connectivity index (χ3v) is 8.36. The second-order valence-electron chi connectivity index (χ2n) is 11.1. The minimum atomic E-state index is -0.906. The van der Waals surface area contributed by atoms with Crippen LogP contribution in [-0.4, -0.2) is 65.0 Å². The molecule has 1 saturated carbocycles. The molecule has 9 heteroatoms. The predicted octanol–water partition coefficient (Wildman–Crippen LogP) is 6.42. The summed E-state index contributed by atoms with van der Waals surface area (Å²) in [5, 5.41) is 3.26. The number of benzene rings is 2. The van der Waals surface area contributed by atoms with Gasteiger partial charge in [0.25, 0.3) is 5.91 Å². The molecule has 1 fully saturated rings. The van der Waals surface area contributed by atoms with Gasteiger partial charge in [0.2, 0.25) is 11.8 Å². The van der Waals surface area contributed by atoms with Crippen LogP contribution in [0.25, 0.3) is 11.3 Å². The van der Waals surface area contributed by atoms with Crippen LogP contribution in [0.5, 0.6) is 5.88 Å². The SMILES string of the molecule is CCN(CC)CCN(C)C(=O)c1ccc(Nc2nc(OC(N)=O)c(C3CCCCC3)c(-c3cccc(C)c3C)n2)cc1. The van der Waals surface area contributed by atoms with Crippen LogP contribution in [0.4, 0.5) is 16.4 Å². The first-order valence-electron chi connectivity index (χ1n) is 15.0. The Bertz CT molecular complexity index is 1380. The molecule has 9 nitrogen and oxygen atoms in total. The maximum atomic E-state index is 13.0. The summed E-state index contributed by atoms with van der Waals surface area (Å²) >= 11 is 0. The largest absolute Gasteiger partial charge is 0.411 e. The molecule has 0 unspecified atom stereocenters. The summed E-state index contributed by atoms with van der Waals surface area (Å²) in [6.45, 7) is 11.8. The zero-order valence-electron chi connectivity index (χ0n) is 25.6. The van der Waals surface area contributed by atoms with E-state index in [0.717, 1.165) is 73.3 Å². The molecule has 1 heterocycles. The van der Waals surface area contributed by atoms with Crippen molar-refractivity contribution in [3.05, 3.63) is 64.7 Å². The maximum absolute atomic E-state index is 13.0. The number of nitrogens with two attached hydrogens (primary N) is 1. The second-order valence-corrected chi connectivity index (χ2v) is 11.1. The highest BCUT2D eigenvalue weighted by Crippen LogP contribution is 2.43. The van der Waals surface area contributed by atoms with Gasteiger partial charge in [-0.2, -0.15) is 4.98 Å². The Morgan fingerprint density at radius 1 is 0.976 bits per heavy atom. The zero-order chi connectivity index (χ0) is 30.2. The Labute approximate surface area is 249 Å². The topological polar surface area (TPSA) is 114 Å². The molecule has 0 bridgehead atoms. The Hall–Kier alpha value is -3.98. The van der Waals surface area contributed by atoms with Crippen molar-refractivity contribution in [2.24, 2.45) is 5.73 Å². The molecule has 0 radical (unpaired) electrons. The third kappa shape index (κ3) is 7.45. The molecule has 1 aliphatic carbocycles. The monoisotopic (exact) mass is 572 g/mol. The molecule has 2 amide bonds. The van der Waals surface area contributed by atoms with Crippen LogP contribution in [0, 0.1) is 13.8 Å². The maximum Gasteiger partial charge on any atom is 0.411 e. The van der Waals surface area contributed by atoms with E-state index in [1.807, 2.05) is 31.3 Å². The lowest BCUT2D eigenvalue weighted by Gasteiger charge is -2.26. The molecule has 0 aliphatic heterocycles. The van der Waals surface area contributed by atoms with Crippen LogP contribution in [0.2, 0.25) is 0 Å². The fourth-order valence-electron chi connectivity index (χ4n) is 5.63. The first-order valence-corrected chi connectivity index (χ1v) is 15.0. The number of ether oxygens (including phenoxy) is 1. The number of nitrogens with zero attached hydrogens (tertiary/aromatic N) is 4. The molecule has 2 aromatic carbocycles. The molecule has 3 aromatic rings. The lowest BCUT2D eigenvalue weighted by molar-refractivity contribution is 0.0779. The molecular weight excluding hydrogens is 528 g/mol. The molecule has 1 aromatic heterocycles. The summed E-state index contributed by atoms with van der Waals surface area (Å²) in [5.74, 6) is 0.624. The number of hydrogen-bond donors (Lipinski definition) is 2. The number of rotatable bonds is 11.